The Kier molecular flexibility index (Phi) is 2.26. The van der Waals surface area contributed by atoms with Crippen LogP contribution in [0.2, 0.25) is 0 Å². The topological polar surface area (TPSA) is 38.0 Å². The number of rotatable bonds is 1. The van der Waals surface area contributed by atoms with E-state index in [-0.39, 0.29) is 0 Å². The molecule has 1 heterocycles. The number of hydrogen-bond donors (Lipinski definition) is 2. The van der Waals surface area contributed by atoms with Crippen LogP contribution in [-0.2, 0) is 0 Å². The molecule has 0 atom stereocenters. The molecule has 3 N–H and O–H groups in total. The average Bonchev–Trinajstić information content (AvgIpc) is 2.73. The van der Waals surface area contributed by atoms with Crippen LogP contribution in [0.3, 0.4) is 0 Å². The molecular weight excluding hydrogens is 216 g/mol. The molecule has 0 aromatic heterocycles. The fraction of sp³-hybridized carbons (Fsp3) is 0. The molecule has 1 radical (unpaired) electrons. The highest BCUT2D eigenvalue weighted by Crippen LogP contribution is 2.45. The first-order valence-corrected chi connectivity index (χ1v) is 5.91. The van der Waals surface area contributed by atoms with Gasteiger partial charge >= 0.3 is 0 Å². The Morgan fingerprint density at radius 2 is 1.69 bits per heavy atom. The summed E-state index contributed by atoms with van der Waals surface area (Å²) in [6, 6.07) is 16.2. The predicted molar refractivity (Wildman–Crippen MR) is 69.1 cm³/mol. The number of hydrogen-bond acceptors (Lipinski definition) is 3. The second-order valence-corrected chi connectivity index (χ2v) is 4.73. The minimum absolute atomic E-state index is 0.796. The van der Waals surface area contributed by atoms with Gasteiger partial charge in [0.05, 0.1) is 0 Å². The van der Waals surface area contributed by atoms with Crippen molar-refractivity contribution in [2.24, 2.45) is 0 Å². The summed E-state index contributed by atoms with van der Waals surface area (Å²) >= 11 is 1.76. The number of anilines is 2. The minimum Gasteiger partial charge on any atom is -0.399 e. The third-order valence-corrected chi connectivity index (χ3v) is 3.64. The molecule has 0 fully saturated rings. The molecule has 1 aliphatic heterocycles. The standard InChI is InChI=1S/C13H11N2S/c14-10-7-5-9(6-8-10)13-15-11-3-1-2-4-12(11)16-13/h1-8,15H,14H2. The molecule has 0 spiro atoms. The van der Waals surface area contributed by atoms with Gasteiger partial charge in [0.15, 0.2) is 5.37 Å². The molecule has 0 unspecified atom stereocenters. The molecule has 2 aromatic carbocycles. The predicted octanol–water partition coefficient (Wildman–Crippen LogP) is 3.32. The number of nitrogens with one attached hydrogen (secondary N) is 1. The lowest BCUT2D eigenvalue weighted by molar-refractivity contribution is 1.36. The van der Waals surface area contributed by atoms with Crippen LogP contribution < -0.4 is 11.1 Å². The number of fused-ring (bicyclic) bond motifs is 1. The van der Waals surface area contributed by atoms with Gasteiger partial charge in [0.2, 0.25) is 0 Å². The lowest BCUT2D eigenvalue weighted by Gasteiger charge is -2.09. The average molecular weight is 227 g/mol. The van der Waals surface area contributed by atoms with Crippen LogP contribution in [0.4, 0.5) is 11.4 Å². The molecule has 0 aliphatic carbocycles. The second-order valence-electron chi connectivity index (χ2n) is 3.67. The maximum absolute atomic E-state index is 5.67. The summed E-state index contributed by atoms with van der Waals surface area (Å²) in [5.74, 6) is 0. The fourth-order valence-electron chi connectivity index (χ4n) is 1.68. The maximum Gasteiger partial charge on any atom is 0.152 e. The largest absolute Gasteiger partial charge is 0.399 e. The molecule has 79 valence electrons. The van der Waals surface area contributed by atoms with Crippen molar-refractivity contribution >= 4 is 23.1 Å². The molecule has 3 rings (SSSR count). The Bertz CT molecular complexity index is 483. The molecule has 0 saturated carbocycles. The smallest absolute Gasteiger partial charge is 0.152 e. The third-order valence-electron chi connectivity index (χ3n) is 2.52. The summed E-state index contributed by atoms with van der Waals surface area (Å²) in [4.78, 5) is 1.27. The maximum atomic E-state index is 5.67. The first-order chi connectivity index (χ1) is 7.83. The quantitative estimate of drug-likeness (QED) is 0.734. The van der Waals surface area contributed by atoms with Crippen molar-refractivity contribution in [2.45, 2.75) is 4.90 Å². The van der Waals surface area contributed by atoms with Gasteiger partial charge in [-0.2, -0.15) is 0 Å². The van der Waals surface area contributed by atoms with Crippen molar-refractivity contribution in [3.05, 3.63) is 59.5 Å². The van der Waals surface area contributed by atoms with Crippen LogP contribution in [0.5, 0.6) is 0 Å². The third kappa shape index (κ3) is 1.63. The Morgan fingerprint density at radius 3 is 2.44 bits per heavy atom. The Labute approximate surface area is 98.9 Å². The number of nitrogen functional groups attached to an aromatic ring is 1. The Morgan fingerprint density at radius 1 is 0.938 bits per heavy atom. The van der Waals surface area contributed by atoms with Crippen molar-refractivity contribution in [3.63, 3.8) is 0 Å². The van der Waals surface area contributed by atoms with Crippen LogP contribution >= 0.6 is 11.8 Å². The fourth-order valence-corrected chi connectivity index (χ4v) is 2.69. The Hall–Kier alpha value is -1.61. The first kappa shape index (κ1) is 9.60. The summed E-state index contributed by atoms with van der Waals surface area (Å²) in [5, 5.41) is 4.58. The lowest BCUT2D eigenvalue weighted by atomic mass is 10.2. The van der Waals surface area contributed by atoms with Crippen molar-refractivity contribution in [1.82, 2.24) is 0 Å². The van der Waals surface area contributed by atoms with E-state index in [9.17, 15) is 0 Å². The van der Waals surface area contributed by atoms with Gasteiger partial charge in [-0.05, 0) is 29.8 Å². The summed E-state index contributed by atoms with van der Waals surface area (Å²) < 4.78 is 0. The molecule has 1 aliphatic rings. The van der Waals surface area contributed by atoms with E-state index >= 15 is 0 Å². The second kappa shape index (κ2) is 3.76. The van der Waals surface area contributed by atoms with Gasteiger partial charge < -0.3 is 11.1 Å². The van der Waals surface area contributed by atoms with Crippen LogP contribution in [0.1, 0.15) is 5.56 Å². The van der Waals surface area contributed by atoms with E-state index in [4.69, 9.17) is 5.73 Å². The Balaban J connectivity index is 1.88. The van der Waals surface area contributed by atoms with Gasteiger partial charge in [-0.1, -0.05) is 36.0 Å². The number of thioether (sulfide) groups is 1. The van der Waals surface area contributed by atoms with E-state index in [2.05, 4.69) is 23.5 Å². The SMILES string of the molecule is Nc1ccc([C]2Nc3ccccc3S2)cc1. The van der Waals surface area contributed by atoms with E-state index in [0.717, 1.165) is 5.69 Å². The molecule has 16 heavy (non-hydrogen) atoms. The molecule has 2 aromatic rings. The molecule has 3 heteroatoms. The summed E-state index contributed by atoms with van der Waals surface area (Å²) in [6.07, 6.45) is 0. The van der Waals surface area contributed by atoms with Crippen molar-refractivity contribution in [2.75, 3.05) is 11.1 Å². The summed E-state index contributed by atoms with van der Waals surface area (Å²) in [7, 11) is 0. The van der Waals surface area contributed by atoms with Crippen molar-refractivity contribution < 1.29 is 0 Å². The van der Waals surface area contributed by atoms with Gasteiger partial charge in [-0.3, -0.25) is 0 Å². The molecule has 0 amide bonds. The van der Waals surface area contributed by atoms with E-state index in [0.29, 0.717) is 0 Å². The number of benzene rings is 2. The highest BCUT2D eigenvalue weighted by atomic mass is 32.2. The zero-order valence-electron chi connectivity index (χ0n) is 8.60. The zero-order chi connectivity index (χ0) is 11.0. The molecule has 0 bridgehead atoms. The van der Waals surface area contributed by atoms with E-state index < -0.39 is 0 Å². The monoisotopic (exact) mass is 227 g/mol. The highest BCUT2D eigenvalue weighted by molar-refractivity contribution is 8.03. The number of nitrogens with two attached hydrogens (primary N) is 1. The molecule has 2 nitrogen and oxygen atoms in total. The summed E-state index contributed by atoms with van der Waals surface area (Å²) in [6.45, 7) is 0. The summed E-state index contributed by atoms with van der Waals surface area (Å²) in [5.41, 5.74) is 8.83. The van der Waals surface area contributed by atoms with E-state index in [1.807, 2.05) is 30.3 Å². The molecular formula is C13H11N2S. The lowest BCUT2D eigenvalue weighted by Crippen LogP contribution is -2.02. The highest BCUT2D eigenvalue weighted by Gasteiger charge is 2.23. The van der Waals surface area contributed by atoms with Gasteiger partial charge in [0.1, 0.15) is 0 Å². The zero-order valence-corrected chi connectivity index (χ0v) is 9.42. The van der Waals surface area contributed by atoms with Crippen LogP contribution in [-0.4, -0.2) is 0 Å². The van der Waals surface area contributed by atoms with Crippen LogP contribution in [0.25, 0.3) is 0 Å². The molecule has 0 saturated heterocycles. The van der Waals surface area contributed by atoms with E-state index in [1.54, 1.807) is 11.8 Å². The van der Waals surface area contributed by atoms with E-state index in [1.165, 1.54) is 21.5 Å². The van der Waals surface area contributed by atoms with Crippen LogP contribution in [0.15, 0.2) is 53.4 Å². The van der Waals surface area contributed by atoms with Gasteiger partial charge in [0, 0.05) is 16.3 Å². The van der Waals surface area contributed by atoms with Gasteiger partial charge in [-0.25, -0.2) is 0 Å². The van der Waals surface area contributed by atoms with Gasteiger partial charge in [-0.15, -0.1) is 0 Å². The van der Waals surface area contributed by atoms with Gasteiger partial charge in [0.25, 0.3) is 0 Å². The normalized spacial score (nSPS) is 14.5. The number of para-hydroxylation sites is 1. The van der Waals surface area contributed by atoms with Crippen molar-refractivity contribution in [3.8, 4) is 0 Å². The first-order valence-electron chi connectivity index (χ1n) is 5.10. The minimum atomic E-state index is 0.796. The van der Waals surface area contributed by atoms with Crippen LogP contribution in [0, 0.1) is 5.37 Å². The van der Waals surface area contributed by atoms with Crippen molar-refractivity contribution in [1.29, 1.82) is 0 Å².